The van der Waals surface area contributed by atoms with E-state index in [1.165, 1.54) is 6.07 Å². The summed E-state index contributed by atoms with van der Waals surface area (Å²) >= 11 is 5.76. The van der Waals surface area contributed by atoms with Crippen molar-refractivity contribution in [2.45, 2.75) is 18.3 Å². The first kappa shape index (κ1) is 13.1. The van der Waals surface area contributed by atoms with Crippen molar-refractivity contribution < 1.29 is 9.66 Å². The standard InChI is InChI=1S/C12H15ClN2O3/c1-14(11-4-5-18-8-11)10-2-3-12(15(16)17)9(6-10)7-13/h2-3,6,11H,4-5,7-8H2,1H3. The maximum Gasteiger partial charge on any atom is 0.273 e. The van der Waals surface area contributed by atoms with E-state index in [1.54, 1.807) is 12.1 Å². The topological polar surface area (TPSA) is 55.6 Å². The Morgan fingerprint density at radius 2 is 2.39 bits per heavy atom. The van der Waals surface area contributed by atoms with Gasteiger partial charge in [0, 0.05) is 31.0 Å². The van der Waals surface area contributed by atoms with E-state index in [9.17, 15) is 10.1 Å². The fourth-order valence-corrected chi connectivity index (χ4v) is 2.33. The van der Waals surface area contributed by atoms with Gasteiger partial charge in [-0.1, -0.05) is 0 Å². The fraction of sp³-hybridized carbons (Fsp3) is 0.500. The Bertz CT molecular complexity index is 447. The van der Waals surface area contributed by atoms with Gasteiger partial charge in [-0.15, -0.1) is 11.6 Å². The second-order valence-electron chi connectivity index (χ2n) is 4.33. The molecule has 1 aliphatic rings. The molecular formula is C12H15ClN2O3. The largest absolute Gasteiger partial charge is 0.379 e. The molecule has 0 aromatic heterocycles. The number of nitrogens with zero attached hydrogens (tertiary/aromatic N) is 2. The number of nitro benzene ring substituents is 1. The summed E-state index contributed by atoms with van der Waals surface area (Å²) in [4.78, 5) is 12.5. The smallest absolute Gasteiger partial charge is 0.273 e. The van der Waals surface area contributed by atoms with Crippen molar-refractivity contribution in [1.82, 2.24) is 0 Å². The van der Waals surface area contributed by atoms with E-state index in [0.29, 0.717) is 18.2 Å². The first-order valence-electron chi connectivity index (χ1n) is 5.77. The van der Waals surface area contributed by atoms with Crippen LogP contribution in [-0.2, 0) is 10.6 Å². The quantitative estimate of drug-likeness (QED) is 0.479. The molecule has 0 radical (unpaired) electrons. The minimum Gasteiger partial charge on any atom is -0.379 e. The number of halogens is 1. The Morgan fingerprint density at radius 1 is 1.61 bits per heavy atom. The van der Waals surface area contributed by atoms with Crippen molar-refractivity contribution in [3.05, 3.63) is 33.9 Å². The van der Waals surface area contributed by atoms with Crippen molar-refractivity contribution in [3.8, 4) is 0 Å². The molecule has 1 aliphatic heterocycles. The lowest BCUT2D eigenvalue weighted by atomic mass is 10.1. The molecule has 1 unspecified atom stereocenters. The predicted octanol–water partition coefficient (Wildman–Crippen LogP) is 2.56. The van der Waals surface area contributed by atoms with Gasteiger partial charge in [-0.25, -0.2) is 0 Å². The lowest BCUT2D eigenvalue weighted by Gasteiger charge is -2.25. The van der Waals surface area contributed by atoms with Crippen LogP contribution in [0.4, 0.5) is 11.4 Å². The Balaban J connectivity index is 2.26. The van der Waals surface area contributed by atoms with Crippen LogP contribution in [0, 0.1) is 10.1 Å². The molecule has 18 heavy (non-hydrogen) atoms. The van der Waals surface area contributed by atoms with E-state index in [4.69, 9.17) is 16.3 Å². The van der Waals surface area contributed by atoms with Gasteiger partial charge < -0.3 is 9.64 Å². The summed E-state index contributed by atoms with van der Waals surface area (Å²) in [5.74, 6) is 0.138. The van der Waals surface area contributed by atoms with Crippen LogP contribution in [0.3, 0.4) is 0 Å². The molecule has 0 amide bonds. The summed E-state index contributed by atoms with van der Waals surface area (Å²) in [5, 5.41) is 10.8. The zero-order valence-electron chi connectivity index (χ0n) is 10.1. The number of ether oxygens (including phenoxy) is 1. The van der Waals surface area contributed by atoms with E-state index < -0.39 is 4.92 Å². The molecule has 1 atom stereocenters. The molecule has 5 nitrogen and oxygen atoms in total. The normalized spacial score (nSPS) is 18.9. The van der Waals surface area contributed by atoms with Gasteiger partial charge in [-0.05, 0) is 18.6 Å². The summed E-state index contributed by atoms with van der Waals surface area (Å²) in [6, 6.07) is 5.38. The second-order valence-corrected chi connectivity index (χ2v) is 4.60. The number of hydrogen-bond acceptors (Lipinski definition) is 4. The molecule has 98 valence electrons. The van der Waals surface area contributed by atoms with Gasteiger partial charge in [0.1, 0.15) is 0 Å². The van der Waals surface area contributed by atoms with Gasteiger partial charge in [0.25, 0.3) is 5.69 Å². The van der Waals surface area contributed by atoms with E-state index in [0.717, 1.165) is 18.7 Å². The zero-order chi connectivity index (χ0) is 13.1. The second kappa shape index (κ2) is 5.54. The number of benzene rings is 1. The SMILES string of the molecule is CN(c1ccc([N+](=O)[O-])c(CCl)c1)C1CCOC1. The monoisotopic (exact) mass is 270 g/mol. The molecule has 0 saturated carbocycles. The van der Waals surface area contributed by atoms with Crippen molar-refractivity contribution in [3.63, 3.8) is 0 Å². The molecule has 0 bridgehead atoms. The highest BCUT2D eigenvalue weighted by Crippen LogP contribution is 2.28. The van der Waals surface area contributed by atoms with Crippen LogP contribution in [0.2, 0.25) is 0 Å². The van der Waals surface area contributed by atoms with Crippen LogP contribution in [-0.4, -0.2) is 31.2 Å². The van der Waals surface area contributed by atoms with E-state index in [1.807, 2.05) is 7.05 Å². The van der Waals surface area contributed by atoms with Gasteiger partial charge in [-0.3, -0.25) is 10.1 Å². The molecule has 0 spiro atoms. The van der Waals surface area contributed by atoms with E-state index >= 15 is 0 Å². The highest BCUT2D eigenvalue weighted by molar-refractivity contribution is 6.17. The van der Waals surface area contributed by atoms with Crippen molar-refractivity contribution >= 4 is 23.0 Å². The predicted molar refractivity (Wildman–Crippen MR) is 70.3 cm³/mol. The molecular weight excluding hydrogens is 256 g/mol. The highest BCUT2D eigenvalue weighted by atomic mass is 35.5. The third-order valence-corrected chi connectivity index (χ3v) is 3.55. The van der Waals surface area contributed by atoms with Crippen LogP contribution in [0.15, 0.2) is 18.2 Å². The maximum absolute atomic E-state index is 10.8. The molecule has 1 saturated heterocycles. The van der Waals surface area contributed by atoms with Crippen LogP contribution >= 0.6 is 11.6 Å². The van der Waals surface area contributed by atoms with Gasteiger partial charge in [0.15, 0.2) is 0 Å². The first-order chi connectivity index (χ1) is 8.63. The summed E-state index contributed by atoms with van der Waals surface area (Å²) < 4.78 is 5.34. The van der Waals surface area contributed by atoms with Gasteiger partial charge in [-0.2, -0.15) is 0 Å². The van der Waals surface area contributed by atoms with Crippen LogP contribution in [0.1, 0.15) is 12.0 Å². The molecule has 1 fully saturated rings. The number of nitro groups is 1. The lowest BCUT2D eigenvalue weighted by molar-refractivity contribution is -0.385. The minimum atomic E-state index is -0.403. The molecule has 0 N–H and O–H groups in total. The van der Waals surface area contributed by atoms with Crippen LogP contribution < -0.4 is 4.90 Å². The van der Waals surface area contributed by atoms with Gasteiger partial charge >= 0.3 is 0 Å². The molecule has 2 rings (SSSR count). The van der Waals surface area contributed by atoms with Crippen molar-refractivity contribution in [2.24, 2.45) is 0 Å². The maximum atomic E-state index is 10.8. The number of hydrogen-bond donors (Lipinski definition) is 0. The number of alkyl halides is 1. The Kier molecular flexibility index (Phi) is 4.04. The summed E-state index contributed by atoms with van der Waals surface area (Å²) in [6.45, 7) is 1.47. The van der Waals surface area contributed by atoms with Crippen molar-refractivity contribution in [2.75, 3.05) is 25.2 Å². The summed E-state index contributed by atoms with van der Waals surface area (Å²) in [7, 11) is 1.97. The molecule has 6 heteroatoms. The highest BCUT2D eigenvalue weighted by Gasteiger charge is 2.22. The van der Waals surface area contributed by atoms with E-state index in [2.05, 4.69) is 4.90 Å². The third-order valence-electron chi connectivity index (χ3n) is 3.26. The van der Waals surface area contributed by atoms with E-state index in [-0.39, 0.29) is 11.6 Å². The van der Waals surface area contributed by atoms with Gasteiger partial charge in [0.2, 0.25) is 0 Å². The molecule has 0 aliphatic carbocycles. The summed E-state index contributed by atoms with van der Waals surface area (Å²) in [6.07, 6.45) is 0.976. The third kappa shape index (κ3) is 2.57. The number of likely N-dealkylation sites (N-methyl/N-ethyl adjacent to an activating group) is 1. The average Bonchev–Trinajstić information content (AvgIpc) is 2.90. The number of anilines is 1. The van der Waals surface area contributed by atoms with Crippen molar-refractivity contribution in [1.29, 1.82) is 0 Å². The number of rotatable bonds is 4. The van der Waals surface area contributed by atoms with Crippen LogP contribution in [0.5, 0.6) is 0 Å². The minimum absolute atomic E-state index is 0.0739. The Labute approximate surface area is 110 Å². The fourth-order valence-electron chi connectivity index (χ4n) is 2.11. The molecule has 1 aromatic carbocycles. The Morgan fingerprint density at radius 3 is 2.94 bits per heavy atom. The molecule has 1 aromatic rings. The average molecular weight is 271 g/mol. The Hall–Kier alpha value is -1.33. The van der Waals surface area contributed by atoms with Crippen LogP contribution in [0.25, 0.3) is 0 Å². The first-order valence-corrected chi connectivity index (χ1v) is 6.30. The zero-order valence-corrected chi connectivity index (χ0v) is 10.9. The lowest BCUT2D eigenvalue weighted by Crippen LogP contribution is -2.31. The summed E-state index contributed by atoms with van der Waals surface area (Å²) in [5.41, 5.74) is 1.56. The van der Waals surface area contributed by atoms with Gasteiger partial charge in [0.05, 0.1) is 23.5 Å². The molecule has 1 heterocycles.